The molecule has 0 aliphatic rings. The zero-order chi connectivity index (χ0) is 16.7. The molecule has 0 spiro atoms. The standard InChI is InChI=1S/C16H15ClN2O3S/c1-21-12-8-6-11(7-9-12)18-16(23)19-15(20)10-22-14-5-3-2-4-13(14)17/h2-9H,10H2,1H3,(H2,18,19,20,23). The highest BCUT2D eigenvalue weighted by atomic mass is 35.5. The van der Waals surface area contributed by atoms with E-state index in [1.807, 2.05) is 0 Å². The maximum absolute atomic E-state index is 11.8. The van der Waals surface area contributed by atoms with Crippen LogP contribution < -0.4 is 20.1 Å². The number of halogens is 1. The van der Waals surface area contributed by atoms with Crippen molar-refractivity contribution >= 4 is 40.5 Å². The zero-order valence-corrected chi connectivity index (χ0v) is 13.9. The average Bonchev–Trinajstić information content (AvgIpc) is 2.54. The Kier molecular flexibility index (Phi) is 6.19. The Bertz CT molecular complexity index is 692. The minimum atomic E-state index is -0.379. The molecule has 0 saturated heterocycles. The molecule has 0 aliphatic heterocycles. The van der Waals surface area contributed by atoms with Gasteiger partial charge in [0.15, 0.2) is 11.7 Å². The summed E-state index contributed by atoms with van der Waals surface area (Å²) in [5.41, 5.74) is 0.739. The van der Waals surface area contributed by atoms with Crippen molar-refractivity contribution in [3.8, 4) is 11.5 Å². The summed E-state index contributed by atoms with van der Waals surface area (Å²) in [6.45, 7) is -0.186. The van der Waals surface area contributed by atoms with E-state index < -0.39 is 0 Å². The molecule has 23 heavy (non-hydrogen) atoms. The van der Waals surface area contributed by atoms with Gasteiger partial charge in [-0.25, -0.2) is 0 Å². The van der Waals surface area contributed by atoms with E-state index in [0.717, 1.165) is 11.4 Å². The lowest BCUT2D eigenvalue weighted by Crippen LogP contribution is -2.37. The number of ether oxygens (including phenoxy) is 2. The van der Waals surface area contributed by atoms with Crippen LogP contribution in [0.5, 0.6) is 11.5 Å². The van der Waals surface area contributed by atoms with Crippen molar-refractivity contribution < 1.29 is 14.3 Å². The number of rotatable bonds is 5. The number of hydrogen-bond acceptors (Lipinski definition) is 4. The second kappa shape index (κ2) is 8.36. The molecule has 0 aliphatic carbocycles. The van der Waals surface area contributed by atoms with Gasteiger partial charge in [0.05, 0.1) is 12.1 Å². The molecular formula is C16H15ClN2O3S. The van der Waals surface area contributed by atoms with Crippen LogP contribution in [0, 0.1) is 0 Å². The number of anilines is 1. The highest BCUT2D eigenvalue weighted by molar-refractivity contribution is 7.80. The third-order valence-electron chi connectivity index (χ3n) is 2.80. The maximum Gasteiger partial charge on any atom is 0.264 e. The monoisotopic (exact) mass is 350 g/mol. The third-order valence-corrected chi connectivity index (χ3v) is 3.31. The second-order valence-corrected chi connectivity index (χ2v) is 5.27. The fourth-order valence-electron chi connectivity index (χ4n) is 1.70. The third kappa shape index (κ3) is 5.43. The van der Waals surface area contributed by atoms with Crippen LogP contribution in [0.1, 0.15) is 0 Å². The predicted octanol–water partition coefficient (Wildman–Crippen LogP) is 3.24. The molecule has 1 amide bonds. The first-order valence-corrected chi connectivity index (χ1v) is 7.49. The minimum absolute atomic E-state index is 0.183. The van der Waals surface area contributed by atoms with Crippen LogP contribution in [0.4, 0.5) is 5.69 Å². The number of methoxy groups -OCH3 is 1. The normalized spacial score (nSPS) is 9.83. The van der Waals surface area contributed by atoms with Gasteiger partial charge >= 0.3 is 0 Å². The van der Waals surface area contributed by atoms with E-state index in [9.17, 15) is 4.79 Å². The molecule has 2 aromatic carbocycles. The van der Waals surface area contributed by atoms with Crippen LogP contribution in [0.25, 0.3) is 0 Å². The number of carbonyl (C=O) groups is 1. The summed E-state index contributed by atoms with van der Waals surface area (Å²) < 4.78 is 10.4. The van der Waals surface area contributed by atoms with Crippen LogP contribution in [-0.4, -0.2) is 24.7 Å². The average molecular weight is 351 g/mol. The molecule has 0 radical (unpaired) electrons. The Labute approximate surface area is 144 Å². The van der Waals surface area contributed by atoms with E-state index >= 15 is 0 Å². The zero-order valence-electron chi connectivity index (χ0n) is 12.3. The Morgan fingerprint density at radius 1 is 1.17 bits per heavy atom. The number of para-hydroxylation sites is 1. The van der Waals surface area contributed by atoms with Gasteiger partial charge in [-0.1, -0.05) is 23.7 Å². The summed E-state index contributed by atoms with van der Waals surface area (Å²) in [7, 11) is 1.59. The van der Waals surface area contributed by atoms with Gasteiger partial charge in [-0.05, 0) is 48.6 Å². The summed E-state index contributed by atoms with van der Waals surface area (Å²) in [6.07, 6.45) is 0. The predicted molar refractivity (Wildman–Crippen MR) is 94.3 cm³/mol. The summed E-state index contributed by atoms with van der Waals surface area (Å²) >= 11 is 11.0. The first-order chi connectivity index (χ1) is 11.1. The fourth-order valence-corrected chi connectivity index (χ4v) is 2.13. The van der Waals surface area contributed by atoms with Crippen molar-refractivity contribution in [1.29, 1.82) is 0 Å². The van der Waals surface area contributed by atoms with Crippen molar-refractivity contribution in [3.05, 3.63) is 53.6 Å². The summed E-state index contributed by atoms with van der Waals surface area (Å²) in [5, 5.41) is 6.05. The summed E-state index contributed by atoms with van der Waals surface area (Å²) in [4.78, 5) is 11.8. The van der Waals surface area contributed by atoms with E-state index in [2.05, 4.69) is 10.6 Å². The molecule has 0 unspecified atom stereocenters. The van der Waals surface area contributed by atoms with Crippen molar-refractivity contribution in [2.45, 2.75) is 0 Å². The molecule has 5 nitrogen and oxygen atoms in total. The minimum Gasteiger partial charge on any atom is -0.497 e. The quantitative estimate of drug-likeness (QED) is 0.811. The number of nitrogens with one attached hydrogen (secondary N) is 2. The van der Waals surface area contributed by atoms with E-state index in [4.69, 9.17) is 33.3 Å². The molecule has 0 heterocycles. The number of hydrogen-bond donors (Lipinski definition) is 2. The number of benzene rings is 2. The van der Waals surface area contributed by atoms with Crippen LogP contribution in [-0.2, 0) is 4.79 Å². The highest BCUT2D eigenvalue weighted by Crippen LogP contribution is 2.22. The molecule has 0 atom stereocenters. The van der Waals surface area contributed by atoms with Crippen LogP contribution in [0.15, 0.2) is 48.5 Å². The Morgan fingerprint density at radius 2 is 1.87 bits per heavy atom. The van der Waals surface area contributed by atoms with Gasteiger partial charge in [0.1, 0.15) is 11.5 Å². The van der Waals surface area contributed by atoms with Gasteiger partial charge in [0.25, 0.3) is 5.91 Å². The van der Waals surface area contributed by atoms with Crippen LogP contribution in [0.3, 0.4) is 0 Å². The largest absolute Gasteiger partial charge is 0.497 e. The Balaban J connectivity index is 1.80. The van der Waals surface area contributed by atoms with Crippen molar-refractivity contribution in [1.82, 2.24) is 5.32 Å². The lowest BCUT2D eigenvalue weighted by molar-refractivity contribution is -0.121. The second-order valence-electron chi connectivity index (χ2n) is 4.45. The van der Waals surface area contributed by atoms with Gasteiger partial charge in [0, 0.05) is 5.69 Å². The van der Waals surface area contributed by atoms with Crippen molar-refractivity contribution in [3.63, 3.8) is 0 Å². The number of carbonyl (C=O) groups excluding carboxylic acids is 1. The smallest absolute Gasteiger partial charge is 0.264 e. The molecule has 2 N–H and O–H groups in total. The molecule has 7 heteroatoms. The summed E-state index contributed by atoms with van der Waals surface area (Å²) in [6, 6.07) is 14.1. The molecule has 0 fully saturated rings. The molecule has 0 aromatic heterocycles. The molecule has 120 valence electrons. The lowest BCUT2D eigenvalue weighted by Gasteiger charge is -2.11. The topological polar surface area (TPSA) is 59.6 Å². The van der Waals surface area contributed by atoms with Gasteiger partial charge in [-0.15, -0.1) is 0 Å². The highest BCUT2D eigenvalue weighted by Gasteiger charge is 2.07. The van der Waals surface area contributed by atoms with E-state index in [0.29, 0.717) is 10.8 Å². The van der Waals surface area contributed by atoms with E-state index in [-0.39, 0.29) is 17.6 Å². The van der Waals surface area contributed by atoms with Gasteiger partial charge in [0.2, 0.25) is 0 Å². The lowest BCUT2D eigenvalue weighted by atomic mass is 10.3. The van der Waals surface area contributed by atoms with E-state index in [1.165, 1.54) is 0 Å². The molecule has 0 saturated carbocycles. The summed E-state index contributed by atoms with van der Waals surface area (Å²) in [5.74, 6) is 0.799. The first kappa shape index (κ1) is 17.1. The Hall–Kier alpha value is -2.31. The van der Waals surface area contributed by atoms with Crippen LogP contribution in [0.2, 0.25) is 5.02 Å². The number of amides is 1. The number of thiocarbonyl (C=S) groups is 1. The fraction of sp³-hybridized carbons (Fsp3) is 0.125. The van der Waals surface area contributed by atoms with Gasteiger partial charge < -0.3 is 14.8 Å². The Morgan fingerprint density at radius 3 is 2.52 bits per heavy atom. The maximum atomic E-state index is 11.8. The molecule has 2 aromatic rings. The first-order valence-electron chi connectivity index (χ1n) is 6.70. The molecular weight excluding hydrogens is 336 g/mol. The van der Waals surface area contributed by atoms with Crippen LogP contribution >= 0.6 is 23.8 Å². The van der Waals surface area contributed by atoms with Crippen molar-refractivity contribution in [2.75, 3.05) is 19.0 Å². The van der Waals surface area contributed by atoms with Gasteiger partial charge in [-0.3, -0.25) is 10.1 Å². The van der Waals surface area contributed by atoms with E-state index in [1.54, 1.807) is 55.6 Å². The van der Waals surface area contributed by atoms with Gasteiger partial charge in [-0.2, -0.15) is 0 Å². The molecule has 2 rings (SSSR count). The van der Waals surface area contributed by atoms with Crippen molar-refractivity contribution in [2.24, 2.45) is 0 Å². The molecule has 0 bridgehead atoms. The SMILES string of the molecule is COc1ccc(NC(=S)NC(=O)COc2ccccc2Cl)cc1.